The van der Waals surface area contributed by atoms with Gasteiger partial charge in [0.1, 0.15) is 5.56 Å². The number of benzene rings is 1. The van der Waals surface area contributed by atoms with E-state index in [9.17, 15) is 9.59 Å². The molecule has 0 unspecified atom stereocenters. The Morgan fingerprint density at radius 3 is 2.41 bits per heavy atom. The Morgan fingerprint density at radius 2 is 1.86 bits per heavy atom. The SMILES string of the molecule is Cc1ccc(-c2ccc(C(=O)O)c(=O)n2CC(C)C)c(C)c1. The van der Waals surface area contributed by atoms with Crippen LogP contribution in [0.5, 0.6) is 0 Å². The van der Waals surface area contributed by atoms with Gasteiger partial charge in [-0.25, -0.2) is 4.79 Å². The Labute approximate surface area is 130 Å². The lowest BCUT2D eigenvalue weighted by Crippen LogP contribution is -2.29. The van der Waals surface area contributed by atoms with E-state index in [1.54, 1.807) is 10.6 Å². The predicted octanol–water partition coefficient (Wildman–Crippen LogP) is 3.49. The molecule has 0 atom stereocenters. The van der Waals surface area contributed by atoms with Crippen LogP contribution < -0.4 is 5.56 Å². The Kier molecular flexibility index (Phi) is 4.50. The molecule has 0 saturated heterocycles. The van der Waals surface area contributed by atoms with Gasteiger partial charge >= 0.3 is 5.97 Å². The molecule has 0 aliphatic heterocycles. The first-order valence-corrected chi connectivity index (χ1v) is 7.36. The van der Waals surface area contributed by atoms with Gasteiger partial charge in [-0.2, -0.15) is 0 Å². The van der Waals surface area contributed by atoms with E-state index in [1.807, 2.05) is 39.8 Å². The molecule has 0 saturated carbocycles. The number of aromatic nitrogens is 1. The van der Waals surface area contributed by atoms with E-state index >= 15 is 0 Å². The lowest BCUT2D eigenvalue weighted by atomic mass is 10.0. The van der Waals surface area contributed by atoms with Crippen LogP contribution in [-0.4, -0.2) is 15.6 Å². The van der Waals surface area contributed by atoms with E-state index in [-0.39, 0.29) is 11.5 Å². The van der Waals surface area contributed by atoms with Crippen molar-refractivity contribution in [1.29, 1.82) is 0 Å². The van der Waals surface area contributed by atoms with Gasteiger partial charge in [-0.15, -0.1) is 0 Å². The van der Waals surface area contributed by atoms with Crippen molar-refractivity contribution < 1.29 is 9.90 Å². The lowest BCUT2D eigenvalue weighted by Gasteiger charge is -2.17. The van der Waals surface area contributed by atoms with Crippen molar-refractivity contribution in [2.45, 2.75) is 34.2 Å². The smallest absolute Gasteiger partial charge is 0.341 e. The zero-order chi connectivity index (χ0) is 16.4. The highest BCUT2D eigenvalue weighted by Crippen LogP contribution is 2.24. The van der Waals surface area contributed by atoms with Crippen molar-refractivity contribution in [1.82, 2.24) is 4.57 Å². The van der Waals surface area contributed by atoms with Crippen LogP contribution in [0.1, 0.15) is 35.3 Å². The van der Waals surface area contributed by atoms with Crippen molar-refractivity contribution >= 4 is 5.97 Å². The second kappa shape index (κ2) is 6.18. The lowest BCUT2D eigenvalue weighted by molar-refractivity contribution is 0.0694. The fourth-order valence-electron chi connectivity index (χ4n) is 2.62. The van der Waals surface area contributed by atoms with E-state index < -0.39 is 11.5 Å². The number of hydrogen-bond donors (Lipinski definition) is 1. The van der Waals surface area contributed by atoms with Gasteiger partial charge in [0.2, 0.25) is 0 Å². The van der Waals surface area contributed by atoms with Crippen LogP contribution in [0, 0.1) is 19.8 Å². The molecule has 0 fully saturated rings. The van der Waals surface area contributed by atoms with E-state index in [1.165, 1.54) is 6.07 Å². The molecule has 0 spiro atoms. The summed E-state index contributed by atoms with van der Waals surface area (Å²) >= 11 is 0. The zero-order valence-corrected chi connectivity index (χ0v) is 13.4. The molecule has 1 heterocycles. The van der Waals surface area contributed by atoms with E-state index in [0.717, 1.165) is 22.4 Å². The zero-order valence-electron chi connectivity index (χ0n) is 13.4. The third kappa shape index (κ3) is 3.11. The molecule has 0 radical (unpaired) electrons. The van der Waals surface area contributed by atoms with Gasteiger partial charge in [0.15, 0.2) is 0 Å². The molecule has 1 aromatic carbocycles. The van der Waals surface area contributed by atoms with Crippen molar-refractivity contribution in [3.63, 3.8) is 0 Å². The van der Waals surface area contributed by atoms with Crippen LogP contribution in [0.4, 0.5) is 0 Å². The Hall–Kier alpha value is -2.36. The Balaban J connectivity index is 2.72. The topological polar surface area (TPSA) is 59.3 Å². The van der Waals surface area contributed by atoms with E-state index in [2.05, 4.69) is 6.07 Å². The molecule has 0 amide bonds. The van der Waals surface area contributed by atoms with Crippen molar-refractivity contribution in [3.8, 4) is 11.3 Å². The van der Waals surface area contributed by atoms with Gasteiger partial charge in [0, 0.05) is 12.1 Å². The third-order valence-corrected chi connectivity index (χ3v) is 3.61. The maximum Gasteiger partial charge on any atom is 0.341 e. The molecule has 22 heavy (non-hydrogen) atoms. The van der Waals surface area contributed by atoms with Gasteiger partial charge in [-0.3, -0.25) is 4.79 Å². The summed E-state index contributed by atoms with van der Waals surface area (Å²) in [7, 11) is 0. The number of carbonyl (C=O) groups is 1. The molecule has 1 aromatic heterocycles. The average Bonchev–Trinajstić information content (AvgIpc) is 2.40. The summed E-state index contributed by atoms with van der Waals surface area (Å²) in [6, 6.07) is 9.17. The number of aryl methyl sites for hydroxylation is 2. The molecular formula is C18H21NO3. The Morgan fingerprint density at radius 1 is 1.18 bits per heavy atom. The summed E-state index contributed by atoms with van der Waals surface area (Å²) in [5.74, 6) is -0.944. The highest BCUT2D eigenvalue weighted by molar-refractivity contribution is 5.87. The first-order valence-electron chi connectivity index (χ1n) is 7.36. The monoisotopic (exact) mass is 299 g/mol. The van der Waals surface area contributed by atoms with Crippen molar-refractivity contribution in [3.05, 3.63) is 57.4 Å². The van der Waals surface area contributed by atoms with E-state index in [0.29, 0.717) is 6.54 Å². The second-order valence-electron chi connectivity index (χ2n) is 6.07. The minimum Gasteiger partial charge on any atom is -0.477 e. The summed E-state index contributed by atoms with van der Waals surface area (Å²) in [5.41, 5.74) is 3.32. The Bertz CT molecular complexity index is 772. The number of hydrogen-bond acceptors (Lipinski definition) is 2. The first-order chi connectivity index (χ1) is 10.3. The highest BCUT2D eigenvalue weighted by atomic mass is 16.4. The quantitative estimate of drug-likeness (QED) is 0.940. The summed E-state index contributed by atoms with van der Waals surface area (Å²) in [5, 5.41) is 9.16. The van der Waals surface area contributed by atoms with Crippen LogP contribution in [0.3, 0.4) is 0 Å². The number of nitrogens with zero attached hydrogens (tertiary/aromatic N) is 1. The van der Waals surface area contributed by atoms with Crippen LogP contribution in [-0.2, 0) is 6.54 Å². The number of aromatic carboxylic acids is 1. The predicted molar refractivity (Wildman–Crippen MR) is 87.4 cm³/mol. The number of pyridine rings is 1. The molecule has 2 aromatic rings. The largest absolute Gasteiger partial charge is 0.477 e. The maximum absolute atomic E-state index is 12.5. The van der Waals surface area contributed by atoms with Crippen LogP contribution in [0.15, 0.2) is 35.1 Å². The molecular weight excluding hydrogens is 278 g/mol. The van der Waals surface area contributed by atoms with Crippen molar-refractivity contribution in [2.75, 3.05) is 0 Å². The summed E-state index contributed by atoms with van der Waals surface area (Å²) in [4.78, 5) is 23.7. The number of rotatable bonds is 4. The standard InChI is InChI=1S/C18H21NO3/c1-11(2)10-19-16(8-7-15(17(19)20)18(21)22)14-6-5-12(3)9-13(14)4/h5-9,11H,10H2,1-4H3,(H,21,22). The van der Waals surface area contributed by atoms with Gasteiger partial charge in [0.05, 0.1) is 5.69 Å². The van der Waals surface area contributed by atoms with Crippen molar-refractivity contribution in [2.24, 2.45) is 5.92 Å². The minimum absolute atomic E-state index is 0.186. The molecule has 116 valence electrons. The molecule has 2 rings (SSSR count). The minimum atomic E-state index is -1.19. The fraction of sp³-hybridized carbons (Fsp3) is 0.333. The van der Waals surface area contributed by atoms with Crippen LogP contribution >= 0.6 is 0 Å². The molecule has 4 heteroatoms. The fourth-order valence-corrected chi connectivity index (χ4v) is 2.62. The number of carboxylic acid groups (broad SMARTS) is 1. The van der Waals surface area contributed by atoms with Gasteiger partial charge in [-0.1, -0.05) is 37.6 Å². The van der Waals surface area contributed by atoms with E-state index in [4.69, 9.17) is 5.11 Å². The van der Waals surface area contributed by atoms with Crippen LogP contribution in [0.2, 0.25) is 0 Å². The molecule has 4 nitrogen and oxygen atoms in total. The second-order valence-corrected chi connectivity index (χ2v) is 6.07. The molecule has 0 aliphatic carbocycles. The highest BCUT2D eigenvalue weighted by Gasteiger charge is 2.16. The van der Waals surface area contributed by atoms with Crippen LogP contribution in [0.25, 0.3) is 11.3 Å². The molecule has 0 bridgehead atoms. The molecule has 1 N–H and O–H groups in total. The maximum atomic E-state index is 12.5. The summed E-state index contributed by atoms with van der Waals surface area (Å²) in [6.45, 7) is 8.52. The first kappa shape index (κ1) is 16.0. The third-order valence-electron chi connectivity index (χ3n) is 3.61. The van der Waals surface area contributed by atoms with Gasteiger partial charge in [-0.05, 0) is 37.5 Å². The number of carboxylic acids is 1. The molecule has 0 aliphatic rings. The summed E-state index contributed by atoms with van der Waals surface area (Å²) < 4.78 is 1.58. The van der Waals surface area contributed by atoms with Gasteiger partial charge in [0.25, 0.3) is 5.56 Å². The normalized spacial score (nSPS) is 11.0. The van der Waals surface area contributed by atoms with Gasteiger partial charge < -0.3 is 9.67 Å². The summed E-state index contributed by atoms with van der Waals surface area (Å²) in [6.07, 6.45) is 0. The average molecular weight is 299 g/mol.